The zero-order valence-corrected chi connectivity index (χ0v) is 15.8. The van der Waals surface area contributed by atoms with E-state index < -0.39 is 0 Å². The molecule has 8 heteroatoms. The molecular weight excluding hydrogens is 342 g/mol. The van der Waals surface area contributed by atoms with Crippen molar-refractivity contribution < 1.29 is 4.79 Å². The third kappa shape index (κ3) is 3.95. The zero-order valence-electron chi connectivity index (χ0n) is 15.8. The van der Waals surface area contributed by atoms with Crippen LogP contribution in [0.1, 0.15) is 42.2 Å². The van der Waals surface area contributed by atoms with E-state index in [1.54, 1.807) is 6.20 Å². The third-order valence-electron chi connectivity index (χ3n) is 5.62. The minimum absolute atomic E-state index is 0.0106. The molecule has 0 aromatic carbocycles. The summed E-state index contributed by atoms with van der Waals surface area (Å²) in [7, 11) is 1.88. The van der Waals surface area contributed by atoms with Gasteiger partial charge in [-0.15, -0.1) is 5.10 Å². The normalized spacial score (nSPS) is 23.2. The van der Waals surface area contributed by atoms with E-state index >= 15 is 0 Å². The van der Waals surface area contributed by atoms with Gasteiger partial charge in [0.25, 0.3) is 5.91 Å². The van der Waals surface area contributed by atoms with Crippen LogP contribution in [0.15, 0.2) is 30.6 Å². The standard InChI is InChI=1S/C19H27N7O/c1-24(16-6-4-11-25(14-16)18-7-3-10-21-22-18)19(27)17-8-12-26(23-17)15-5-2-9-20-13-15/h3,7-8,10,12,15-16,20H,2,4-6,9,11,13-14H2,1H3. The Morgan fingerprint density at radius 2 is 2.22 bits per heavy atom. The molecule has 2 atom stereocenters. The van der Waals surface area contributed by atoms with E-state index in [9.17, 15) is 4.79 Å². The topological polar surface area (TPSA) is 79.2 Å². The minimum Gasteiger partial charge on any atom is -0.353 e. The van der Waals surface area contributed by atoms with E-state index in [4.69, 9.17) is 0 Å². The van der Waals surface area contributed by atoms with Crippen molar-refractivity contribution in [1.82, 2.24) is 30.2 Å². The second kappa shape index (κ2) is 8.04. The number of carbonyl (C=O) groups is 1. The molecule has 8 nitrogen and oxygen atoms in total. The molecule has 2 aliphatic rings. The molecule has 0 spiro atoms. The van der Waals surface area contributed by atoms with Crippen molar-refractivity contribution in [2.75, 3.05) is 38.1 Å². The van der Waals surface area contributed by atoms with E-state index in [0.717, 1.165) is 57.7 Å². The Morgan fingerprint density at radius 3 is 3.00 bits per heavy atom. The number of amides is 1. The van der Waals surface area contributed by atoms with Gasteiger partial charge in [0.1, 0.15) is 5.69 Å². The SMILES string of the molecule is CN(C(=O)c1ccn(C2CCCNC2)n1)C1CCCN(c2cccnn2)C1. The summed E-state index contributed by atoms with van der Waals surface area (Å²) in [5, 5.41) is 16.1. The Morgan fingerprint density at radius 1 is 1.30 bits per heavy atom. The monoisotopic (exact) mass is 369 g/mol. The Hall–Kier alpha value is -2.48. The van der Waals surface area contributed by atoms with Crippen LogP contribution in [0.5, 0.6) is 0 Å². The highest BCUT2D eigenvalue weighted by Gasteiger charge is 2.28. The lowest BCUT2D eigenvalue weighted by atomic mass is 10.0. The molecular formula is C19H27N7O. The number of nitrogens with zero attached hydrogens (tertiary/aromatic N) is 6. The molecule has 0 aliphatic carbocycles. The molecule has 0 radical (unpaired) electrons. The smallest absolute Gasteiger partial charge is 0.274 e. The molecule has 2 fully saturated rings. The Bertz CT molecular complexity index is 756. The van der Waals surface area contributed by atoms with Gasteiger partial charge in [-0.05, 0) is 50.4 Å². The van der Waals surface area contributed by atoms with Gasteiger partial charge >= 0.3 is 0 Å². The number of rotatable bonds is 4. The predicted octanol–water partition coefficient (Wildman–Crippen LogP) is 1.34. The lowest BCUT2D eigenvalue weighted by Gasteiger charge is -2.37. The molecule has 2 saturated heterocycles. The average Bonchev–Trinajstić information content (AvgIpc) is 3.24. The van der Waals surface area contributed by atoms with Crippen LogP contribution in [0.3, 0.4) is 0 Å². The predicted molar refractivity (Wildman–Crippen MR) is 103 cm³/mol. The molecule has 2 aliphatic heterocycles. The van der Waals surface area contributed by atoms with Gasteiger partial charge in [-0.3, -0.25) is 9.48 Å². The fourth-order valence-electron chi connectivity index (χ4n) is 4.00. The molecule has 2 aromatic rings. The van der Waals surface area contributed by atoms with Crippen molar-refractivity contribution in [1.29, 1.82) is 0 Å². The van der Waals surface area contributed by atoms with Gasteiger partial charge in [-0.25, -0.2) is 0 Å². The second-order valence-electron chi connectivity index (χ2n) is 7.42. The molecule has 0 saturated carbocycles. The highest BCUT2D eigenvalue weighted by atomic mass is 16.2. The maximum absolute atomic E-state index is 13.0. The van der Waals surface area contributed by atoms with E-state index in [0.29, 0.717) is 11.7 Å². The highest BCUT2D eigenvalue weighted by Crippen LogP contribution is 2.21. The first-order valence-electron chi connectivity index (χ1n) is 9.78. The van der Waals surface area contributed by atoms with Crippen molar-refractivity contribution in [2.24, 2.45) is 0 Å². The Labute approximate surface area is 159 Å². The van der Waals surface area contributed by atoms with Crippen LogP contribution in [0.25, 0.3) is 0 Å². The lowest BCUT2D eigenvalue weighted by Crippen LogP contribution is -2.49. The average molecular weight is 369 g/mol. The number of piperidine rings is 2. The van der Waals surface area contributed by atoms with Gasteiger partial charge in [-0.2, -0.15) is 10.2 Å². The molecule has 4 rings (SSSR count). The van der Waals surface area contributed by atoms with Crippen LogP contribution in [0.4, 0.5) is 5.82 Å². The summed E-state index contributed by atoms with van der Waals surface area (Å²) in [4.78, 5) is 17.0. The van der Waals surface area contributed by atoms with Gasteiger partial charge in [0.15, 0.2) is 5.82 Å². The lowest BCUT2D eigenvalue weighted by molar-refractivity contribution is 0.0709. The number of hydrogen-bond acceptors (Lipinski definition) is 6. The molecule has 4 heterocycles. The van der Waals surface area contributed by atoms with E-state index in [-0.39, 0.29) is 11.9 Å². The van der Waals surface area contributed by atoms with Crippen molar-refractivity contribution in [3.8, 4) is 0 Å². The van der Waals surface area contributed by atoms with Crippen LogP contribution in [0, 0.1) is 0 Å². The highest BCUT2D eigenvalue weighted by molar-refractivity contribution is 5.92. The second-order valence-corrected chi connectivity index (χ2v) is 7.42. The van der Waals surface area contributed by atoms with Crippen LogP contribution in [0.2, 0.25) is 0 Å². The first kappa shape index (κ1) is 17.9. The number of likely N-dealkylation sites (N-methyl/N-ethyl adjacent to an activating group) is 1. The van der Waals surface area contributed by atoms with Gasteiger partial charge in [0.05, 0.1) is 6.04 Å². The third-order valence-corrected chi connectivity index (χ3v) is 5.62. The summed E-state index contributed by atoms with van der Waals surface area (Å²) in [5.41, 5.74) is 0.527. The van der Waals surface area contributed by atoms with E-state index in [1.807, 2.05) is 41.0 Å². The summed E-state index contributed by atoms with van der Waals surface area (Å²) in [5.74, 6) is 0.862. The fourth-order valence-corrected chi connectivity index (χ4v) is 4.00. The van der Waals surface area contributed by atoms with Crippen LogP contribution in [-0.4, -0.2) is 70.1 Å². The molecule has 144 valence electrons. The number of nitrogens with one attached hydrogen (secondary N) is 1. The fraction of sp³-hybridized carbons (Fsp3) is 0.579. The van der Waals surface area contributed by atoms with Gasteiger partial charge < -0.3 is 15.1 Å². The number of aromatic nitrogens is 4. The summed E-state index contributed by atoms with van der Waals surface area (Å²) in [6, 6.07) is 6.20. The van der Waals surface area contributed by atoms with Gasteiger partial charge in [0, 0.05) is 45.1 Å². The first-order valence-corrected chi connectivity index (χ1v) is 9.78. The molecule has 2 unspecified atom stereocenters. The van der Waals surface area contributed by atoms with Gasteiger partial charge in [0.2, 0.25) is 0 Å². The van der Waals surface area contributed by atoms with Crippen molar-refractivity contribution >= 4 is 11.7 Å². The summed E-state index contributed by atoms with van der Waals surface area (Å²) >= 11 is 0. The van der Waals surface area contributed by atoms with Crippen molar-refractivity contribution in [3.63, 3.8) is 0 Å². The van der Waals surface area contributed by atoms with E-state index in [2.05, 4.69) is 25.5 Å². The maximum atomic E-state index is 13.0. The Balaban J connectivity index is 1.42. The quantitative estimate of drug-likeness (QED) is 0.876. The summed E-state index contributed by atoms with van der Waals surface area (Å²) in [6.45, 7) is 3.70. The minimum atomic E-state index is -0.0106. The molecule has 1 N–H and O–H groups in total. The summed E-state index contributed by atoms with van der Waals surface area (Å²) < 4.78 is 1.94. The molecule has 2 aromatic heterocycles. The summed E-state index contributed by atoms with van der Waals surface area (Å²) in [6.07, 6.45) is 7.89. The van der Waals surface area contributed by atoms with Crippen LogP contribution < -0.4 is 10.2 Å². The van der Waals surface area contributed by atoms with Gasteiger partial charge in [-0.1, -0.05) is 0 Å². The van der Waals surface area contributed by atoms with Crippen LogP contribution >= 0.6 is 0 Å². The largest absolute Gasteiger partial charge is 0.353 e. The first-order chi connectivity index (χ1) is 13.2. The van der Waals surface area contributed by atoms with Crippen molar-refractivity contribution in [2.45, 2.75) is 37.8 Å². The van der Waals surface area contributed by atoms with Crippen LogP contribution in [-0.2, 0) is 0 Å². The maximum Gasteiger partial charge on any atom is 0.274 e. The zero-order chi connectivity index (χ0) is 18.6. The molecule has 1 amide bonds. The molecule has 0 bridgehead atoms. The Kier molecular flexibility index (Phi) is 5.33. The number of anilines is 1. The number of hydrogen-bond donors (Lipinski definition) is 1. The molecule has 27 heavy (non-hydrogen) atoms. The van der Waals surface area contributed by atoms with Crippen molar-refractivity contribution in [3.05, 3.63) is 36.3 Å². The van der Waals surface area contributed by atoms with E-state index in [1.165, 1.54) is 0 Å². The number of carbonyl (C=O) groups excluding carboxylic acids is 1.